The molecule has 0 N–H and O–H groups in total. The molecule has 2 heterocycles. The van der Waals surface area contributed by atoms with Crippen molar-refractivity contribution >= 4 is 18.2 Å². The summed E-state index contributed by atoms with van der Waals surface area (Å²) in [6.45, 7) is 7.66. The Morgan fingerprint density at radius 2 is 2.07 bits per heavy atom. The SMILES string of the molecule is CC(C)(C)OC(=O)N(CC1CCC1)[C@@H]1CCCN(c2ccc(C=O)c(F)n2)C1. The number of hydrogen-bond acceptors (Lipinski definition) is 5. The summed E-state index contributed by atoms with van der Waals surface area (Å²) in [6.07, 6.45) is 5.47. The van der Waals surface area contributed by atoms with Crippen LogP contribution in [-0.4, -0.2) is 53.5 Å². The molecule has 0 bridgehead atoms. The van der Waals surface area contributed by atoms with Gasteiger partial charge in [0.05, 0.1) is 11.6 Å². The Balaban J connectivity index is 1.75. The summed E-state index contributed by atoms with van der Waals surface area (Å²) in [5.74, 6) is 0.277. The minimum absolute atomic E-state index is 0.000177. The Labute approximate surface area is 166 Å². The highest BCUT2D eigenvalue weighted by Gasteiger charge is 2.34. The molecule has 1 amide bonds. The summed E-state index contributed by atoms with van der Waals surface area (Å²) in [6, 6.07) is 3.12. The number of anilines is 1. The highest BCUT2D eigenvalue weighted by atomic mass is 19.1. The zero-order valence-electron chi connectivity index (χ0n) is 17.0. The first-order valence-electron chi connectivity index (χ1n) is 10.1. The highest BCUT2D eigenvalue weighted by Crippen LogP contribution is 2.30. The van der Waals surface area contributed by atoms with Crippen LogP contribution in [0.1, 0.15) is 63.2 Å². The monoisotopic (exact) mass is 391 g/mol. The van der Waals surface area contributed by atoms with Gasteiger partial charge >= 0.3 is 6.09 Å². The molecule has 28 heavy (non-hydrogen) atoms. The van der Waals surface area contributed by atoms with Crippen LogP contribution in [-0.2, 0) is 4.74 Å². The van der Waals surface area contributed by atoms with E-state index < -0.39 is 11.5 Å². The lowest BCUT2D eigenvalue weighted by atomic mass is 9.84. The van der Waals surface area contributed by atoms with Gasteiger partial charge in [-0.1, -0.05) is 6.42 Å². The van der Waals surface area contributed by atoms with Crippen LogP contribution in [0.4, 0.5) is 15.0 Å². The fourth-order valence-electron chi connectivity index (χ4n) is 3.76. The van der Waals surface area contributed by atoms with Gasteiger partial charge in [0.1, 0.15) is 11.4 Å². The highest BCUT2D eigenvalue weighted by molar-refractivity contribution is 5.75. The van der Waals surface area contributed by atoms with E-state index in [4.69, 9.17) is 4.74 Å². The fraction of sp³-hybridized carbons (Fsp3) is 0.667. The second kappa shape index (κ2) is 8.45. The van der Waals surface area contributed by atoms with Crippen LogP contribution in [0, 0.1) is 11.9 Å². The minimum atomic E-state index is -0.756. The van der Waals surface area contributed by atoms with Gasteiger partial charge in [0.15, 0.2) is 6.29 Å². The van der Waals surface area contributed by atoms with Crippen molar-refractivity contribution in [2.45, 2.75) is 64.5 Å². The molecule has 1 aliphatic carbocycles. The van der Waals surface area contributed by atoms with Gasteiger partial charge in [-0.2, -0.15) is 4.39 Å². The number of aldehydes is 1. The summed E-state index contributed by atoms with van der Waals surface area (Å²) in [4.78, 5) is 31.5. The second-order valence-electron chi connectivity index (χ2n) is 8.84. The zero-order chi connectivity index (χ0) is 20.3. The van der Waals surface area contributed by atoms with E-state index in [0.717, 1.165) is 32.2 Å². The Morgan fingerprint density at radius 1 is 1.32 bits per heavy atom. The molecule has 1 saturated heterocycles. The van der Waals surface area contributed by atoms with Crippen LogP contribution >= 0.6 is 0 Å². The maximum atomic E-state index is 13.9. The van der Waals surface area contributed by atoms with Crippen molar-refractivity contribution in [2.24, 2.45) is 5.92 Å². The van der Waals surface area contributed by atoms with Crippen molar-refractivity contribution in [1.82, 2.24) is 9.88 Å². The molecule has 2 fully saturated rings. The lowest BCUT2D eigenvalue weighted by molar-refractivity contribution is 0.00732. The van der Waals surface area contributed by atoms with Gasteiger partial charge in [0.25, 0.3) is 0 Å². The summed E-state index contributed by atoms with van der Waals surface area (Å²) >= 11 is 0. The number of carbonyl (C=O) groups excluding carboxylic acids is 2. The molecule has 1 aromatic heterocycles. The van der Waals surface area contributed by atoms with Gasteiger partial charge in [-0.05, 0) is 64.5 Å². The van der Waals surface area contributed by atoms with Crippen LogP contribution < -0.4 is 4.90 Å². The van der Waals surface area contributed by atoms with E-state index in [2.05, 4.69) is 4.98 Å². The summed E-state index contributed by atoms with van der Waals surface area (Å²) < 4.78 is 19.6. The van der Waals surface area contributed by atoms with Crippen molar-refractivity contribution in [3.8, 4) is 0 Å². The molecular weight excluding hydrogens is 361 g/mol. The van der Waals surface area contributed by atoms with Crippen LogP contribution in [0.25, 0.3) is 0 Å². The van der Waals surface area contributed by atoms with Gasteiger partial charge in [-0.15, -0.1) is 0 Å². The molecule has 0 unspecified atom stereocenters. The molecule has 2 aliphatic rings. The maximum absolute atomic E-state index is 13.9. The third-order valence-corrected chi connectivity index (χ3v) is 5.46. The second-order valence-corrected chi connectivity index (χ2v) is 8.84. The lowest BCUT2D eigenvalue weighted by Crippen LogP contribution is -2.53. The van der Waals surface area contributed by atoms with Crippen LogP contribution in [0.2, 0.25) is 0 Å². The molecule has 1 atom stereocenters. The van der Waals surface area contributed by atoms with Gasteiger partial charge < -0.3 is 14.5 Å². The number of pyridine rings is 1. The molecule has 154 valence electrons. The first kappa shape index (κ1) is 20.6. The number of aromatic nitrogens is 1. The number of carbonyl (C=O) groups is 2. The summed E-state index contributed by atoms with van der Waals surface area (Å²) in [7, 11) is 0. The van der Waals surface area contributed by atoms with E-state index in [-0.39, 0.29) is 17.7 Å². The number of hydrogen-bond donors (Lipinski definition) is 0. The first-order valence-corrected chi connectivity index (χ1v) is 10.1. The van der Waals surface area contributed by atoms with E-state index in [9.17, 15) is 14.0 Å². The molecule has 6 nitrogen and oxygen atoms in total. The lowest BCUT2D eigenvalue weighted by Gasteiger charge is -2.42. The van der Waals surface area contributed by atoms with Gasteiger partial charge in [-0.25, -0.2) is 9.78 Å². The molecule has 1 aromatic rings. The van der Waals surface area contributed by atoms with Crippen molar-refractivity contribution in [1.29, 1.82) is 0 Å². The van der Waals surface area contributed by atoms with E-state index in [1.54, 1.807) is 6.07 Å². The Kier molecular flexibility index (Phi) is 6.20. The fourth-order valence-corrected chi connectivity index (χ4v) is 3.76. The zero-order valence-corrected chi connectivity index (χ0v) is 17.0. The number of amides is 1. The van der Waals surface area contributed by atoms with Gasteiger partial charge in [-0.3, -0.25) is 4.79 Å². The molecule has 0 radical (unpaired) electrons. The van der Waals surface area contributed by atoms with Crippen molar-refractivity contribution in [2.75, 3.05) is 24.5 Å². The van der Waals surface area contributed by atoms with E-state index in [0.29, 0.717) is 31.1 Å². The first-order chi connectivity index (χ1) is 13.3. The largest absolute Gasteiger partial charge is 0.444 e. The predicted octanol–water partition coefficient (Wildman–Crippen LogP) is 4.04. The quantitative estimate of drug-likeness (QED) is 0.560. The Bertz CT molecular complexity index is 715. The van der Waals surface area contributed by atoms with E-state index in [1.807, 2.05) is 30.6 Å². The number of nitrogens with zero attached hydrogens (tertiary/aromatic N) is 3. The smallest absolute Gasteiger partial charge is 0.410 e. The van der Waals surface area contributed by atoms with Crippen LogP contribution in [0.3, 0.4) is 0 Å². The van der Waals surface area contributed by atoms with Crippen LogP contribution in [0.15, 0.2) is 12.1 Å². The van der Waals surface area contributed by atoms with Gasteiger partial charge in [0, 0.05) is 19.6 Å². The standard InChI is InChI=1S/C21H30FN3O3/c1-21(2,3)28-20(27)25(12-15-6-4-7-15)17-8-5-11-24(13-17)18-10-9-16(14-26)19(22)23-18/h9-10,14-15,17H,4-8,11-13H2,1-3H3/t17-/m1/s1. The Morgan fingerprint density at radius 3 is 2.64 bits per heavy atom. The molecule has 0 aromatic carbocycles. The van der Waals surface area contributed by atoms with Gasteiger partial charge in [0.2, 0.25) is 5.95 Å². The number of rotatable bonds is 5. The summed E-state index contributed by atoms with van der Waals surface area (Å²) in [5.41, 5.74) is -0.587. The minimum Gasteiger partial charge on any atom is -0.444 e. The number of halogens is 1. The third kappa shape index (κ3) is 5.00. The Hall–Kier alpha value is -2.18. The van der Waals surface area contributed by atoms with E-state index in [1.165, 1.54) is 12.5 Å². The number of piperidine rings is 1. The van der Waals surface area contributed by atoms with E-state index >= 15 is 0 Å². The molecule has 7 heteroatoms. The molecule has 0 spiro atoms. The third-order valence-electron chi connectivity index (χ3n) is 5.46. The summed E-state index contributed by atoms with van der Waals surface area (Å²) in [5, 5.41) is 0. The molecular formula is C21H30FN3O3. The average molecular weight is 391 g/mol. The van der Waals surface area contributed by atoms with Crippen molar-refractivity contribution in [3.05, 3.63) is 23.6 Å². The topological polar surface area (TPSA) is 62.7 Å². The normalized spacial score (nSPS) is 20.4. The number of ether oxygens (including phenoxy) is 1. The maximum Gasteiger partial charge on any atom is 0.410 e. The molecule has 1 saturated carbocycles. The van der Waals surface area contributed by atoms with Crippen molar-refractivity contribution in [3.63, 3.8) is 0 Å². The predicted molar refractivity (Wildman–Crippen MR) is 105 cm³/mol. The molecule has 1 aliphatic heterocycles. The van der Waals surface area contributed by atoms with Crippen LogP contribution in [0.5, 0.6) is 0 Å². The van der Waals surface area contributed by atoms with Crippen molar-refractivity contribution < 1.29 is 18.7 Å². The molecule has 3 rings (SSSR count). The average Bonchev–Trinajstić information content (AvgIpc) is 2.59.